The molecule has 0 radical (unpaired) electrons. The third kappa shape index (κ3) is 3.81. The van der Waals surface area contributed by atoms with E-state index in [0.717, 1.165) is 26.2 Å². The van der Waals surface area contributed by atoms with E-state index in [9.17, 15) is 4.79 Å². The molecule has 2 fully saturated rings. The number of fused-ring (bicyclic) bond motifs is 1. The Balaban J connectivity index is 1.55. The predicted molar refractivity (Wildman–Crippen MR) is 113 cm³/mol. The number of rotatable bonds is 4. The molecule has 2 amide bonds. The number of carbonyl (C=O) groups is 1. The van der Waals surface area contributed by atoms with Crippen LogP contribution in [0.1, 0.15) is 22.7 Å². The molecule has 0 spiro atoms. The summed E-state index contributed by atoms with van der Waals surface area (Å²) in [6, 6.07) is 12.7. The third-order valence-corrected chi connectivity index (χ3v) is 6.29. The van der Waals surface area contributed by atoms with E-state index in [-0.39, 0.29) is 12.1 Å². The highest BCUT2D eigenvalue weighted by Crippen LogP contribution is 2.46. The van der Waals surface area contributed by atoms with Gasteiger partial charge < -0.3 is 14.5 Å². The van der Waals surface area contributed by atoms with E-state index < -0.39 is 0 Å². The Morgan fingerprint density at radius 2 is 1.97 bits per heavy atom. The third-order valence-electron chi connectivity index (χ3n) is 6.29. The largest absolute Gasteiger partial charge is 0.481 e. The molecule has 154 valence electrons. The highest BCUT2D eigenvalue weighted by Gasteiger charge is 2.49. The highest BCUT2D eigenvalue weighted by molar-refractivity contribution is 5.75. The molecule has 0 aliphatic carbocycles. The van der Waals surface area contributed by atoms with E-state index in [1.165, 1.54) is 16.7 Å². The van der Waals surface area contributed by atoms with Crippen molar-refractivity contribution in [2.45, 2.75) is 19.5 Å². The predicted octanol–water partition coefficient (Wildman–Crippen LogP) is 3.19. The lowest BCUT2D eigenvalue weighted by Gasteiger charge is -2.32. The summed E-state index contributed by atoms with van der Waals surface area (Å²) in [5, 5.41) is 0. The minimum absolute atomic E-state index is 0.110. The van der Waals surface area contributed by atoms with Crippen LogP contribution in [-0.4, -0.2) is 66.6 Å². The van der Waals surface area contributed by atoms with E-state index >= 15 is 0 Å². The minimum Gasteiger partial charge on any atom is -0.481 e. The van der Waals surface area contributed by atoms with Gasteiger partial charge in [-0.05, 0) is 29.5 Å². The van der Waals surface area contributed by atoms with Gasteiger partial charge in [-0.3, -0.25) is 4.90 Å². The first kappa shape index (κ1) is 19.7. The maximum Gasteiger partial charge on any atom is 0.320 e. The molecule has 2 aromatic rings. The van der Waals surface area contributed by atoms with E-state index in [1.807, 2.05) is 26.4 Å². The zero-order valence-electron chi connectivity index (χ0n) is 17.7. The van der Waals surface area contributed by atoms with Gasteiger partial charge in [0.05, 0.1) is 13.2 Å². The second-order valence-electron chi connectivity index (χ2n) is 8.46. The van der Waals surface area contributed by atoms with E-state index in [2.05, 4.69) is 52.0 Å². The van der Waals surface area contributed by atoms with Gasteiger partial charge in [0.2, 0.25) is 5.88 Å². The number of aromatic nitrogens is 1. The van der Waals surface area contributed by atoms with Crippen LogP contribution >= 0.6 is 0 Å². The number of hydrogen-bond acceptors (Lipinski definition) is 4. The molecule has 1 aromatic heterocycles. The van der Waals surface area contributed by atoms with Crippen molar-refractivity contribution in [2.24, 2.45) is 11.8 Å². The number of likely N-dealkylation sites (tertiary alicyclic amines) is 2. The van der Waals surface area contributed by atoms with Gasteiger partial charge in [0.1, 0.15) is 0 Å². The molecule has 0 bridgehead atoms. The molecule has 3 atom stereocenters. The molecule has 29 heavy (non-hydrogen) atoms. The van der Waals surface area contributed by atoms with Crippen LogP contribution in [0.5, 0.6) is 5.88 Å². The molecule has 0 N–H and O–H groups in total. The van der Waals surface area contributed by atoms with Crippen LogP contribution in [0.2, 0.25) is 0 Å². The van der Waals surface area contributed by atoms with Crippen LogP contribution in [-0.2, 0) is 6.54 Å². The van der Waals surface area contributed by atoms with Gasteiger partial charge in [0.15, 0.2) is 0 Å². The van der Waals surface area contributed by atoms with Crippen molar-refractivity contribution < 1.29 is 9.53 Å². The maximum absolute atomic E-state index is 12.9. The SMILES string of the molecule is COc1ccc(CN2C[C@@H]3CN(C(=O)N(C)C)[C@@H](c4ccccc4C)[C@@H]3C2)cn1. The Bertz CT molecular complexity index is 867. The average molecular weight is 395 g/mol. The molecule has 0 unspecified atom stereocenters. The van der Waals surface area contributed by atoms with Gasteiger partial charge >= 0.3 is 6.03 Å². The van der Waals surface area contributed by atoms with Gasteiger partial charge in [0, 0.05) is 58.5 Å². The van der Waals surface area contributed by atoms with Crippen molar-refractivity contribution in [3.8, 4) is 5.88 Å². The first-order valence-electron chi connectivity index (χ1n) is 10.2. The van der Waals surface area contributed by atoms with Gasteiger partial charge in [0.25, 0.3) is 0 Å². The van der Waals surface area contributed by atoms with Crippen LogP contribution in [0.25, 0.3) is 0 Å². The lowest BCUT2D eigenvalue weighted by atomic mass is 9.88. The number of methoxy groups -OCH3 is 1. The number of nitrogens with zero attached hydrogens (tertiary/aromatic N) is 4. The van der Waals surface area contributed by atoms with Crippen LogP contribution in [0.4, 0.5) is 4.79 Å². The Morgan fingerprint density at radius 1 is 1.17 bits per heavy atom. The summed E-state index contributed by atoms with van der Waals surface area (Å²) >= 11 is 0. The monoisotopic (exact) mass is 394 g/mol. The Labute approximate surface area is 173 Å². The van der Waals surface area contributed by atoms with Gasteiger partial charge in [-0.1, -0.05) is 30.3 Å². The summed E-state index contributed by atoms with van der Waals surface area (Å²) < 4.78 is 5.16. The summed E-state index contributed by atoms with van der Waals surface area (Å²) in [7, 11) is 5.32. The van der Waals surface area contributed by atoms with Gasteiger partial charge in [-0.2, -0.15) is 0 Å². The molecule has 4 rings (SSSR count). The van der Waals surface area contributed by atoms with Crippen molar-refractivity contribution >= 4 is 6.03 Å². The molecular weight excluding hydrogens is 364 g/mol. The van der Waals surface area contributed by atoms with E-state index in [0.29, 0.717) is 17.7 Å². The fourth-order valence-corrected chi connectivity index (χ4v) is 4.92. The number of hydrogen-bond donors (Lipinski definition) is 0. The molecule has 1 aromatic carbocycles. The summed E-state index contributed by atoms with van der Waals surface area (Å²) in [5.74, 6) is 1.59. The molecule has 6 nitrogen and oxygen atoms in total. The number of benzene rings is 1. The number of urea groups is 1. The Morgan fingerprint density at radius 3 is 2.62 bits per heavy atom. The van der Waals surface area contributed by atoms with Crippen LogP contribution in [0, 0.1) is 18.8 Å². The minimum atomic E-state index is 0.110. The topological polar surface area (TPSA) is 48.9 Å². The van der Waals surface area contributed by atoms with Crippen molar-refractivity contribution in [3.05, 3.63) is 59.3 Å². The molecule has 6 heteroatoms. The van der Waals surface area contributed by atoms with Gasteiger partial charge in [-0.15, -0.1) is 0 Å². The quantitative estimate of drug-likeness (QED) is 0.799. The second-order valence-corrected chi connectivity index (χ2v) is 8.46. The van der Waals surface area contributed by atoms with E-state index in [4.69, 9.17) is 4.74 Å². The zero-order chi connectivity index (χ0) is 20.5. The van der Waals surface area contributed by atoms with Crippen molar-refractivity contribution in [2.75, 3.05) is 40.8 Å². The second kappa shape index (κ2) is 8.03. The van der Waals surface area contributed by atoms with Crippen LogP contribution in [0.3, 0.4) is 0 Å². The fourth-order valence-electron chi connectivity index (χ4n) is 4.92. The Hall–Kier alpha value is -2.60. The molecule has 3 heterocycles. The number of pyridine rings is 1. The number of carbonyl (C=O) groups excluding carboxylic acids is 1. The average Bonchev–Trinajstić information content (AvgIpc) is 3.25. The maximum atomic E-state index is 12.9. The molecular formula is C23H30N4O2. The van der Waals surface area contributed by atoms with Crippen LogP contribution < -0.4 is 4.74 Å². The number of ether oxygens (including phenoxy) is 1. The standard InChI is InChI=1S/C23H30N4O2/c1-16-7-5-6-8-19(16)22-20-15-26(12-17-9-10-21(29-4)24-11-17)13-18(20)14-27(22)23(28)25(2)3/h5-11,18,20,22H,12-15H2,1-4H3/t18-,20-,22+/m1/s1. The molecule has 2 aliphatic heterocycles. The smallest absolute Gasteiger partial charge is 0.320 e. The van der Waals surface area contributed by atoms with Crippen LogP contribution in [0.15, 0.2) is 42.6 Å². The first-order valence-corrected chi connectivity index (χ1v) is 10.2. The van der Waals surface area contributed by atoms with E-state index in [1.54, 1.807) is 12.0 Å². The fraction of sp³-hybridized carbons (Fsp3) is 0.478. The molecule has 0 saturated carbocycles. The summed E-state index contributed by atoms with van der Waals surface area (Å²) in [6.07, 6.45) is 1.90. The van der Waals surface area contributed by atoms with Crippen molar-refractivity contribution in [1.82, 2.24) is 19.7 Å². The number of aryl methyl sites for hydroxylation is 1. The molecule has 2 saturated heterocycles. The van der Waals surface area contributed by atoms with Crippen molar-refractivity contribution in [3.63, 3.8) is 0 Å². The highest BCUT2D eigenvalue weighted by atomic mass is 16.5. The normalized spacial score (nSPS) is 23.9. The van der Waals surface area contributed by atoms with Crippen molar-refractivity contribution in [1.29, 1.82) is 0 Å². The Kier molecular flexibility index (Phi) is 5.46. The lowest BCUT2D eigenvalue weighted by molar-refractivity contribution is 0.151. The first-order chi connectivity index (χ1) is 14.0. The van der Waals surface area contributed by atoms with Gasteiger partial charge in [-0.25, -0.2) is 9.78 Å². The number of amides is 2. The lowest BCUT2D eigenvalue weighted by Crippen LogP contribution is -2.41. The summed E-state index contributed by atoms with van der Waals surface area (Å²) in [4.78, 5) is 23.5. The summed E-state index contributed by atoms with van der Waals surface area (Å²) in [6.45, 7) is 5.85. The zero-order valence-corrected chi connectivity index (χ0v) is 17.7. The summed E-state index contributed by atoms with van der Waals surface area (Å²) in [5.41, 5.74) is 3.73. The molecule has 2 aliphatic rings.